The molecule has 7 heteroatoms. The van der Waals surface area contributed by atoms with Crippen molar-refractivity contribution >= 4 is 17.8 Å². The molecular weight excluding hydrogens is 348 g/mol. The second kappa shape index (κ2) is 9.49. The topological polar surface area (TPSA) is 98.9 Å². The minimum atomic E-state index is -1.28. The highest BCUT2D eigenvalue weighted by Gasteiger charge is 2.28. The summed E-state index contributed by atoms with van der Waals surface area (Å²) in [6.45, 7) is 0.657. The number of amides is 1. The van der Waals surface area contributed by atoms with Crippen LogP contribution in [-0.4, -0.2) is 50.0 Å². The molecule has 2 aromatic carbocycles. The third kappa shape index (κ3) is 5.93. The maximum absolute atomic E-state index is 12.3. The molecule has 1 atom stereocenters. The summed E-state index contributed by atoms with van der Waals surface area (Å²) in [5, 5.41) is 0. The van der Waals surface area contributed by atoms with Crippen molar-refractivity contribution in [2.45, 2.75) is 5.92 Å². The Morgan fingerprint density at radius 2 is 1.74 bits per heavy atom. The highest BCUT2D eigenvalue weighted by Crippen LogP contribution is 2.23. The lowest BCUT2D eigenvalue weighted by atomic mass is 9.98. The molecule has 0 fully saturated rings. The Labute approximate surface area is 157 Å². The predicted molar refractivity (Wildman–Crippen MR) is 99.3 cm³/mol. The summed E-state index contributed by atoms with van der Waals surface area (Å²) < 4.78 is 10.4. The van der Waals surface area contributed by atoms with Crippen molar-refractivity contribution in [1.82, 2.24) is 4.90 Å². The molecule has 0 saturated carbocycles. The summed E-state index contributed by atoms with van der Waals surface area (Å²) in [6.07, 6.45) is 0. The van der Waals surface area contributed by atoms with Crippen LogP contribution in [0.3, 0.4) is 0 Å². The molecular formula is C20H22N2O5. The number of nitrogens with two attached hydrogens (primary N) is 1. The van der Waals surface area contributed by atoms with E-state index < -0.39 is 23.8 Å². The number of esters is 2. The highest BCUT2D eigenvalue weighted by molar-refractivity contribution is 6.02. The Bertz CT molecular complexity index is 805. The molecule has 1 amide bonds. The van der Waals surface area contributed by atoms with E-state index in [9.17, 15) is 14.4 Å². The second-order valence-corrected chi connectivity index (χ2v) is 6.13. The number of carbonyl (C=O) groups excluding carboxylic acids is 3. The van der Waals surface area contributed by atoms with Gasteiger partial charge in [0.2, 0.25) is 5.91 Å². The first-order valence-electron chi connectivity index (χ1n) is 8.36. The van der Waals surface area contributed by atoms with Crippen LogP contribution in [0.15, 0.2) is 54.6 Å². The summed E-state index contributed by atoms with van der Waals surface area (Å²) in [5.41, 5.74) is 6.07. The molecule has 0 aliphatic heterocycles. The lowest BCUT2D eigenvalue weighted by Crippen LogP contribution is -2.31. The summed E-state index contributed by atoms with van der Waals surface area (Å²) in [7, 11) is 3.67. The number of likely N-dealkylation sites (N-methyl/N-ethyl adjacent to an activating group) is 1. The third-order valence-corrected chi connectivity index (χ3v) is 3.71. The lowest BCUT2D eigenvalue weighted by molar-refractivity contribution is -0.148. The fourth-order valence-corrected chi connectivity index (χ4v) is 2.33. The second-order valence-electron chi connectivity index (χ2n) is 6.13. The SMILES string of the molecule is CN(C)CCOC(=O)C(C(N)=O)c1cccc(OC(=O)c2ccccc2)c1. The van der Waals surface area contributed by atoms with Gasteiger partial charge in [0.05, 0.1) is 5.56 Å². The van der Waals surface area contributed by atoms with Crippen LogP contribution < -0.4 is 10.5 Å². The molecule has 2 rings (SSSR count). The number of nitrogens with zero attached hydrogens (tertiary/aromatic N) is 1. The van der Waals surface area contributed by atoms with Gasteiger partial charge in [-0.05, 0) is 43.9 Å². The molecule has 0 aliphatic rings. The van der Waals surface area contributed by atoms with Gasteiger partial charge in [-0.2, -0.15) is 0 Å². The molecule has 27 heavy (non-hydrogen) atoms. The number of rotatable bonds is 8. The van der Waals surface area contributed by atoms with Gasteiger partial charge < -0.3 is 20.1 Å². The van der Waals surface area contributed by atoms with Gasteiger partial charge in [-0.15, -0.1) is 0 Å². The maximum atomic E-state index is 12.3. The summed E-state index contributed by atoms with van der Waals surface area (Å²) >= 11 is 0. The number of ether oxygens (including phenoxy) is 2. The molecule has 0 bridgehead atoms. The minimum absolute atomic E-state index is 0.137. The van der Waals surface area contributed by atoms with E-state index >= 15 is 0 Å². The van der Waals surface area contributed by atoms with Crippen LogP contribution in [-0.2, 0) is 14.3 Å². The van der Waals surface area contributed by atoms with Crippen LogP contribution in [0.1, 0.15) is 21.8 Å². The number of primary amides is 1. The van der Waals surface area contributed by atoms with E-state index in [-0.39, 0.29) is 12.4 Å². The van der Waals surface area contributed by atoms with E-state index in [4.69, 9.17) is 15.2 Å². The minimum Gasteiger partial charge on any atom is -0.463 e. The van der Waals surface area contributed by atoms with Crippen LogP contribution >= 0.6 is 0 Å². The van der Waals surface area contributed by atoms with E-state index in [0.29, 0.717) is 17.7 Å². The monoisotopic (exact) mass is 370 g/mol. The lowest BCUT2D eigenvalue weighted by Gasteiger charge is -2.15. The fraction of sp³-hybridized carbons (Fsp3) is 0.250. The Balaban J connectivity index is 2.13. The van der Waals surface area contributed by atoms with Crippen molar-refractivity contribution in [3.05, 3.63) is 65.7 Å². The highest BCUT2D eigenvalue weighted by atomic mass is 16.5. The van der Waals surface area contributed by atoms with Crippen LogP contribution in [0.25, 0.3) is 0 Å². The van der Waals surface area contributed by atoms with Crippen molar-refractivity contribution < 1.29 is 23.9 Å². The number of carbonyl (C=O) groups is 3. The normalized spacial score (nSPS) is 11.7. The Morgan fingerprint density at radius 3 is 2.37 bits per heavy atom. The van der Waals surface area contributed by atoms with Crippen molar-refractivity contribution in [2.75, 3.05) is 27.2 Å². The molecule has 2 aromatic rings. The van der Waals surface area contributed by atoms with Crippen molar-refractivity contribution in [3.63, 3.8) is 0 Å². The maximum Gasteiger partial charge on any atom is 0.343 e. The quantitative estimate of drug-likeness (QED) is 0.430. The first kappa shape index (κ1) is 20.1. The summed E-state index contributed by atoms with van der Waals surface area (Å²) in [6, 6.07) is 14.6. The zero-order chi connectivity index (χ0) is 19.8. The standard InChI is InChI=1S/C20H22N2O5/c1-22(2)11-12-26-20(25)17(18(21)23)15-9-6-10-16(13-15)27-19(24)14-7-4-3-5-8-14/h3-10,13,17H,11-12H2,1-2H3,(H2,21,23). The molecule has 7 nitrogen and oxygen atoms in total. The Hall–Kier alpha value is -3.19. The van der Waals surface area contributed by atoms with Gasteiger partial charge in [0.1, 0.15) is 12.4 Å². The molecule has 0 heterocycles. The van der Waals surface area contributed by atoms with E-state index in [0.717, 1.165) is 0 Å². The molecule has 2 N–H and O–H groups in total. The zero-order valence-electron chi connectivity index (χ0n) is 15.3. The molecule has 0 radical (unpaired) electrons. The molecule has 0 saturated heterocycles. The van der Waals surface area contributed by atoms with Crippen molar-refractivity contribution in [3.8, 4) is 5.75 Å². The van der Waals surface area contributed by atoms with E-state index in [1.165, 1.54) is 6.07 Å². The predicted octanol–water partition coefficient (Wildman–Crippen LogP) is 1.58. The largest absolute Gasteiger partial charge is 0.463 e. The average molecular weight is 370 g/mol. The van der Waals surface area contributed by atoms with Crippen molar-refractivity contribution in [2.24, 2.45) is 5.73 Å². The zero-order valence-corrected chi connectivity index (χ0v) is 15.3. The number of hydrogen-bond donors (Lipinski definition) is 1. The summed E-state index contributed by atoms with van der Waals surface area (Å²) in [4.78, 5) is 38.1. The number of hydrogen-bond acceptors (Lipinski definition) is 6. The van der Waals surface area contributed by atoms with Gasteiger partial charge >= 0.3 is 11.9 Å². The first-order chi connectivity index (χ1) is 12.9. The van der Waals surface area contributed by atoms with E-state index in [1.54, 1.807) is 48.5 Å². The number of benzene rings is 2. The van der Waals surface area contributed by atoms with Gasteiger partial charge in [-0.25, -0.2) is 4.79 Å². The first-order valence-corrected chi connectivity index (χ1v) is 8.36. The van der Waals surface area contributed by atoms with Crippen LogP contribution in [0.2, 0.25) is 0 Å². The molecule has 0 spiro atoms. The average Bonchev–Trinajstić information content (AvgIpc) is 2.62. The molecule has 0 aliphatic carbocycles. The van der Waals surface area contributed by atoms with E-state index in [1.807, 2.05) is 19.0 Å². The summed E-state index contributed by atoms with van der Waals surface area (Å²) in [5.74, 6) is -3.19. The van der Waals surface area contributed by atoms with E-state index in [2.05, 4.69) is 0 Å². The molecule has 0 aromatic heterocycles. The van der Waals surface area contributed by atoms with Gasteiger partial charge in [0.15, 0.2) is 5.92 Å². The fourth-order valence-electron chi connectivity index (χ4n) is 2.33. The Morgan fingerprint density at radius 1 is 1.04 bits per heavy atom. The van der Waals surface area contributed by atoms with Gasteiger partial charge in [-0.1, -0.05) is 30.3 Å². The van der Waals surface area contributed by atoms with Crippen LogP contribution in [0.4, 0.5) is 0 Å². The molecule has 1 unspecified atom stereocenters. The van der Waals surface area contributed by atoms with Crippen LogP contribution in [0.5, 0.6) is 5.75 Å². The smallest absolute Gasteiger partial charge is 0.343 e. The molecule has 142 valence electrons. The van der Waals surface area contributed by atoms with Gasteiger partial charge in [0, 0.05) is 6.54 Å². The Kier molecular flexibility index (Phi) is 7.08. The van der Waals surface area contributed by atoms with Crippen molar-refractivity contribution in [1.29, 1.82) is 0 Å². The van der Waals surface area contributed by atoms with Gasteiger partial charge in [-0.3, -0.25) is 9.59 Å². The third-order valence-electron chi connectivity index (χ3n) is 3.71. The van der Waals surface area contributed by atoms with Crippen LogP contribution in [0, 0.1) is 0 Å². The van der Waals surface area contributed by atoms with Gasteiger partial charge in [0.25, 0.3) is 0 Å².